The van der Waals surface area contributed by atoms with E-state index in [1.165, 1.54) is 0 Å². The first kappa shape index (κ1) is 20.3. The number of benzene rings is 2. The fourth-order valence-electron chi connectivity index (χ4n) is 2.72. The van der Waals surface area contributed by atoms with E-state index in [9.17, 15) is 4.79 Å². The van der Waals surface area contributed by atoms with Gasteiger partial charge in [-0.15, -0.1) is 0 Å². The molecule has 0 spiro atoms. The first-order chi connectivity index (χ1) is 13.1. The molecule has 0 aromatic heterocycles. The molecular formula is C21H28N4O2. The molecule has 0 aliphatic heterocycles. The zero-order chi connectivity index (χ0) is 19.5. The maximum Gasteiger partial charge on any atom is 0.222 e. The van der Waals surface area contributed by atoms with E-state index >= 15 is 0 Å². The second kappa shape index (κ2) is 10.9. The fraction of sp³-hybridized carbons (Fsp3) is 0.333. The van der Waals surface area contributed by atoms with E-state index in [0.29, 0.717) is 26.1 Å². The van der Waals surface area contributed by atoms with Crippen molar-refractivity contribution in [2.24, 2.45) is 4.99 Å². The molecule has 0 unspecified atom stereocenters. The van der Waals surface area contributed by atoms with Crippen LogP contribution in [-0.4, -0.2) is 44.5 Å². The molecule has 0 aliphatic rings. The summed E-state index contributed by atoms with van der Waals surface area (Å²) in [6.45, 7) is 1.72. The van der Waals surface area contributed by atoms with Gasteiger partial charge in [-0.05, 0) is 11.6 Å². The van der Waals surface area contributed by atoms with Crippen molar-refractivity contribution >= 4 is 11.9 Å². The number of amides is 1. The topological polar surface area (TPSA) is 66.0 Å². The number of methoxy groups -OCH3 is 1. The van der Waals surface area contributed by atoms with Crippen molar-refractivity contribution in [1.29, 1.82) is 0 Å². The van der Waals surface area contributed by atoms with Crippen molar-refractivity contribution in [3.8, 4) is 5.75 Å². The second-order valence-electron chi connectivity index (χ2n) is 6.15. The molecule has 1 amide bonds. The van der Waals surface area contributed by atoms with Gasteiger partial charge in [-0.2, -0.15) is 0 Å². The van der Waals surface area contributed by atoms with Gasteiger partial charge in [0.15, 0.2) is 5.96 Å². The van der Waals surface area contributed by atoms with Crippen molar-refractivity contribution in [2.75, 3.05) is 27.7 Å². The van der Waals surface area contributed by atoms with Gasteiger partial charge in [0.05, 0.1) is 7.11 Å². The molecule has 0 aliphatic carbocycles. The van der Waals surface area contributed by atoms with E-state index in [-0.39, 0.29) is 5.91 Å². The number of carbonyl (C=O) groups is 1. The standard InChI is InChI=1S/C21H28N4O2/c1-22-21(25(2)16-18-11-7-8-12-19(18)27-3)23-14-13-20(26)24-15-17-9-5-4-6-10-17/h4-12H,13-16H2,1-3H3,(H,22,23)(H,24,26). The van der Waals surface area contributed by atoms with E-state index in [2.05, 4.69) is 15.6 Å². The lowest BCUT2D eigenvalue weighted by molar-refractivity contribution is -0.121. The van der Waals surface area contributed by atoms with E-state index in [4.69, 9.17) is 4.74 Å². The van der Waals surface area contributed by atoms with E-state index in [1.54, 1.807) is 14.2 Å². The number of carbonyl (C=O) groups excluding carboxylic acids is 1. The predicted octanol–water partition coefficient (Wildman–Crippen LogP) is 2.41. The Labute approximate surface area is 161 Å². The maximum atomic E-state index is 12.0. The molecule has 0 saturated heterocycles. The zero-order valence-electron chi connectivity index (χ0n) is 16.2. The molecule has 0 heterocycles. The van der Waals surface area contributed by atoms with Crippen LogP contribution in [-0.2, 0) is 17.9 Å². The number of hydrogen-bond acceptors (Lipinski definition) is 3. The number of para-hydroxylation sites is 1. The van der Waals surface area contributed by atoms with Gasteiger partial charge in [0.2, 0.25) is 5.91 Å². The van der Waals surface area contributed by atoms with Crippen LogP contribution in [0.3, 0.4) is 0 Å². The van der Waals surface area contributed by atoms with E-state index < -0.39 is 0 Å². The number of nitrogens with one attached hydrogen (secondary N) is 2. The molecule has 0 saturated carbocycles. The maximum absolute atomic E-state index is 12.0. The number of nitrogens with zero attached hydrogens (tertiary/aromatic N) is 2. The summed E-state index contributed by atoms with van der Waals surface area (Å²) in [7, 11) is 5.35. The molecule has 2 N–H and O–H groups in total. The SMILES string of the molecule is CN=C(NCCC(=O)NCc1ccccc1)N(C)Cc1ccccc1OC. The van der Waals surface area contributed by atoms with Crippen LogP contribution in [0.15, 0.2) is 59.6 Å². The molecule has 2 rings (SSSR count). The van der Waals surface area contributed by atoms with E-state index in [0.717, 1.165) is 22.8 Å². The van der Waals surface area contributed by atoms with Crippen LogP contribution in [0.5, 0.6) is 5.75 Å². The van der Waals surface area contributed by atoms with Gasteiger partial charge < -0.3 is 20.3 Å². The highest BCUT2D eigenvalue weighted by Gasteiger charge is 2.10. The lowest BCUT2D eigenvalue weighted by Crippen LogP contribution is -2.40. The Morgan fingerprint density at radius 2 is 1.78 bits per heavy atom. The molecule has 6 heteroatoms. The van der Waals surface area contributed by atoms with Gasteiger partial charge in [-0.3, -0.25) is 9.79 Å². The van der Waals surface area contributed by atoms with Crippen LogP contribution in [0.2, 0.25) is 0 Å². The average Bonchev–Trinajstić information content (AvgIpc) is 2.70. The van der Waals surface area contributed by atoms with Gasteiger partial charge >= 0.3 is 0 Å². The molecule has 27 heavy (non-hydrogen) atoms. The number of rotatable bonds is 8. The minimum absolute atomic E-state index is 0.00851. The number of ether oxygens (including phenoxy) is 1. The summed E-state index contributed by atoms with van der Waals surface area (Å²) < 4.78 is 5.40. The summed E-state index contributed by atoms with van der Waals surface area (Å²) in [6, 6.07) is 17.8. The third-order valence-electron chi connectivity index (χ3n) is 4.14. The lowest BCUT2D eigenvalue weighted by Gasteiger charge is -2.23. The fourth-order valence-corrected chi connectivity index (χ4v) is 2.72. The van der Waals surface area contributed by atoms with Gasteiger partial charge in [-0.25, -0.2) is 0 Å². The monoisotopic (exact) mass is 368 g/mol. The van der Waals surface area contributed by atoms with Crippen LogP contribution >= 0.6 is 0 Å². The molecular weight excluding hydrogens is 340 g/mol. The number of hydrogen-bond donors (Lipinski definition) is 2. The highest BCUT2D eigenvalue weighted by atomic mass is 16.5. The number of aliphatic imine (C=N–C) groups is 1. The first-order valence-corrected chi connectivity index (χ1v) is 8.98. The Kier molecular flexibility index (Phi) is 8.16. The Bertz CT molecular complexity index is 747. The van der Waals surface area contributed by atoms with Crippen LogP contribution in [0.25, 0.3) is 0 Å². The Morgan fingerprint density at radius 1 is 1.07 bits per heavy atom. The summed E-state index contributed by atoms with van der Waals surface area (Å²) in [6.07, 6.45) is 0.383. The molecule has 2 aromatic carbocycles. The Balaban J connectivity index is 1.76. The molecule has 0 fully saturated rings. The molecule has 6 nitrogen and oxygen atoms in total. The predicted molar refractivity (Wildman–Crippen MR) is 109 cm³/mol. The third-order valence-corrected chi connectivity index (χ3v) is 4.14. The second-order valence-corrected chi connectivity index (χ2v) is 6.15. The van der Waals surface area contributed by atoms with E-state index in [1.807, 2.05) is 66.5 Å². The van der Waals surface area contributed by atoms with Gasteiger partial charge in [-0.1, -0.05) is 48.5 Å². The van der Waals surface area contributed by atoms with Crippen LogP contribution < -0.4 is 15.4 Å². The molecule has 0 atom stereocenters. The van der Waals surface area contributed by atoms with Crippen LogP contribution in [0, 0.1) is 0 Å². The van der Waals surface area contributed by atoms with Crippen molar-refractivity contribution in [2.45, 2.75) is 19.5 Å². The molecule has 0 bridgehead atoms. The first-order valence-electron chi connectivity index (χ1n) is 8.98. The van der Waals surface area contributed by atoms with Crippen LogP contribution in [0.4, 0.5) is 0 Å². The summed E-state index contributed by atoms with van der Waals surface area (Å²) in [5.41, 5.74) is 2.16. The van der Waals surface area contributed by atoms with Crippen molar-refractivity contribution in [3.05, 3.63) is 65.7 Å². The van der Waals surface area contributed by atoms with Crippen molar-refractivity contribution in [3.63, 3.8) is 0 Å². The average molecular weight is 368 g/mol. The lowest BCUT2D eigenvalue weighted by atomic mass is 10.2. The quantitative estimate of drug-likeness (QED) is 0.555. The zero-order valence-corrected chi connectivity index (χ0v) is 16.2. The summed E-state index contributed by atoms with van der Waals surface area (Å²) in [4.78, 5) is 18.3. The highest BCUT2D eigenvalue weighted by Crippen LogP contribution is 2.18. The van der Waals surface area contributed by atoms with Crippen molar-refractivity contribution in [1.82, 2.24) is 15.5 Å². The van der Waals surface area contributed by atoms with Crippen molar-refractivity contribution < 1.29 is 9.53 Å². The third kappa shape index (κ3) is 6.66. The van der Waals surface area contributed by atoms with Crippen LogP contribution in [0.1, 0.15) is 17.5 Å². The van der Waals surface area contributed by atoms with Gasteiger partial charge in [0, 0.05) is 45.7 Å². The summed E-state index contributed by atoms with van der Waals surface area (Å²) >= 11 is 0. The minimum Gasteiger partial charge on any atom is -0.496 e. The molecule has 2 aromatic rings. The number of guanidine groups is 1. The Morgan fingerprint density at radius 3 is 2.48 bits per heavy atom. The summed E-state index contributed by atoms with van der Waals surface area (Å²) in [5.74, 6) is 1.59. The Hall–Kier alpha value is -3.02. The van der Waals surface area contributed by atoms with Gasteiger partial charge in [0.1, 0.15) is 5.75 Å². The molecule has 144 valence electrons. The smallest absolute Gasteiger partial charge is 0.222 e. The minimum atomic E-state index is 0.00851. The largest absolute Gasteiger partial charge is 0.496 e. The summed E-state index contributed by atoms with van der Waals surface area (Å²) in [5, 5.41) is 6.16. The molecule has 0 radical (unpaired) electrons. The highest BCUT2D eigenvalue weighted by molar-refractivity contribution is 5.81. The van der Waals surface area contributed by atoms with Gasteiger partial charge in [0.25, 0.3) is 0 Å². The normalized spacial score (nSPS) is 11.0.